The first-order valence-corrected chi connectivity index (χ1v) is 12.7. The van der Waals surface area contributed by atoms with E-state index in [-0.39, 0.29) is 11.9 Å². The smallest absolute Gasteiger partial charge is 0.237 e. The summed E-state index contributed by atoms with van der Waals surface area (Å²) < 4.78 is 0. The van der Waals surface area contributed by atoms with E-state index in [1.54, 1.807) is 0 Å². The van der Waals surface area contributed by atoms with Gasteiger partial charge in [-0.25, -0.2) is 0 Å². The van der Waals surface area contributed by atoms with E-state index in [0.29, 0.717) is 24.5 Å². The van der Waals surface area contributed by atoms with Gasteiger partial charge in [0.05, 0.1) is 6.04 Å². The molecule has 0 heterocycles. The summed E-state index contributed by atoms with van der Waals surface area (Å²) in [6.45, 7) is 1.62. The van der Waals surface area contributed by atoms with E-state index in [0.717, 1.165) is 31.4 Å². The minimum absolute atomic E-state index is 0.0179. The van der Waals surface area contributed by atoms with E-state index in [1.807, 2.05) is 31.3 Å². The summed E-state index contributed by atoms with van der Waals surface area (Å²) in [5.41, 5.74) is 13.5. The van der Waals surface area contributed by atoms with Crippen LogP contribution >= 0.6 is 11.6 Å². The number of aryl methyl sites for hydroxylation is 2. The van der Waals surface area contributed by atoms with Crippen LogP contribution in [0, 0.1) is 0 Å². The monoisotopic (exact) mass is 487 g/mol. The molecule has 182 valence electrons. The Labute approximate surface area is 213 Å². The number of fused-ring (bicyclic) bond motifs is 2. The molecule has 5 heteroatoms. The van der Waals surface area contributed by atoms with Crippen molar-refractivity contribution in [2.75, 3.05) is 20.1 Å². The lowest BCUT2D eigenvalue weighted by atomic mass is 9.93. The summed E-state index contributed by atoms with van der Waals surface area (Å²) in [4.78, 5) is 15.1. The molecule has 0 radical (unpaired) electrons. The van der Waals surface area contributed by atoms with Gasteiger partial charge >= 0.3 is 0 Å². The fraction of sp³-hybridized carbons (Fsp3) is 0.300. The predicted octanol–water partition coefficient (Wildman–Crippen LogP) is 5.23. The molecule has 0 aromatic heterocycles. The molecule has 0 fully saturated rings. The number of hydrogen-bond acceptors (Lipinski definition) is 3. The third kappa shape index (κ3) is 6.21. The Bertz CT molecular complexity index is 1140. The molecule has 0 aliphatic heterocycles. The summed E-state index contributed by atoms with van der Waals surface area (Å²) in [6.07, 6.45) is 5.88. The summed E-state index contributed by atoms with van der Waals surface area (Å²) in [7, 11) is 2.00. The van der Waals surface area contributed by atoms with Gasteiger partial charge in [0.1, 0.15) is 0 Å². The molecule has 1 unspecified atom stereocenters. The van der Waals surface area contributed by atoms with Crippen molar-refractivity contribution in [3.63, 3.8) is 0 Å². The minimum atomic E-state index is -0.283. The van der Waals surface area contributed by atoms with E-state index < -0.39 is 0 Å². The number of nitrogens with one attached hydrogen (secondary N) is 1. The number of hydrogen-bond donors (Lipinski definition) is 2. The second kappa shape index (κ2) is 12.2. The first-order chi connectivity index (χ1) is 17.1. The highest BCUT2D eigenvalue weighted by molar-refractivity contribution is 6.31. The average molecular weight is 488 g/mol. The number of nitrogens with two attached hydrogens (primary N) is 1. The van der Waals surface area contributed by atoms with Crippen molar-refractivity contribution >= 4 is 23.1 Å². The van der Waals surface area contributed by atoms with Crippen molar-refractivity contribution in [2.24, 2.45) is 5.73 Å². The number of rotatable bonds is 9. The average Bonchev–Trinajstić information content (AvgIpc) is 3.04. The van der Waals surface area contributed by atoms with E-state index in [1.165, 1.54) is 27.8 Å². The molecule has 4 nitrogen and oxygen atoms in total. The lowest BCUT2D eigenvalue weighted by Crippen LogP contribution is -2.46. The van der Waals surface area contributed by atoms with Crippen molar-refractivity contribution in [1.29, 1.82) is 0 Å². The molecule has 0 spiro atoms. The highest BCUT2D eigenvalue weighted by atomic mass is 35.5. The van der Waals surface area contributed by atoms with Crippen LogP contribution in [-0.2, 0) is 24.2 Å². The number of amides is 1. The predicted molar refractivity (Wildman–Crippen MR) is 145 cm³/mol. The van der Waals surface area contributed by atoms with Gasteiger partial charge in [-0.3, -0.25) is 9.69 Å². The molecule has 1 aliphatic carbocycles. The second-order valence-corrected chi connectivity index (χ2v) is 9.51. The molecule has 0 bridgehead atoms. The van der Waals surface area contributed by atoms with E-state index in [2.05, 4.69) is 64.8 Å². The maximum atomic E-state index is 13.0. The van der Waals surface area contributed by atoms with Crippen molar-refractivity contribution < 1.29 is 4.79 Å². The van der Waals surface area contributed by atoms with Gasteiger partial charge in [-0.15, -0.1) is 0 Å². The molecule has 3 aromatic rings. The van der Waals surface area contributed by atoms with Gasteiger partial charge in [-0.05, 0) is 78.7 Å². The van der Waals surface area contributed by atoms with Gasteiger partial charge in [0, 0.05) is 18.1 Å². The van der Waals surface area contributed by atoms with Crippen LogP contribution in [0.4, 0.5) is 0 Å². The zero-order valence-corrected chi connectivity index (χ0v) is 21.1. The summed E-state index contributed by atoms with van der Waals surface area (Å²) in [5, 5.41) is 3.70. The molecule has 1 atom stereocenters. The highest BCUT2D eigenvalue weighted by Crippen LogP contribution is 2.33. The quantitative estimate of drug-likeness (QED) is 0.434. The molecule has 3 N–H and O–H groups in total. The fourth-order valence-corrected chi connectivity index (χ4v) is 5.06. The minimum Gasteiger partial charge on any atom is -0.351 e. The van der Waals surface area contributed by atoms with Crippen molar-refractivity contribution in [3.8, 4) is 0 Å². The molecule has 3 aromatic carbocycles. The largest absolute Gasteiger partial charge is 0.351 e. The van der Waals surface area contributed by atoms with Crippen LogP contribution in [0.2, 0.25) is 5.02 Å². The Kier molecular flexibility index (Phi) is 8.75. The van der Waals surface area contributed by atoms with Crippen molar-refractivity contribution in [2.45, 2.75) is 38.3 Å². The van der Waals surface area contributed by atoms with Gasteiger partial charge in [0.15, 0.2) is 0 Å². The number of halogens is 1. The number of carbonyl (C=O) groups is 1. The Balaban J connectivity index is 1.46. The fourth-order valence-electron chi connectivity index (χ4n) is 4.86. The van der Waals surface area contributed by atoms with Crippen molar-refractivity contribution in [3.05, 3.63) is 112 Å². The molecule has 35 heavy (non-hydrogen) atoms. The lowest BCUT2D eigenvalue weighted by Gasteiger charge is -2.26. The molecule has 4 rings (SSSR count). The summed E-state index contributed by atoms with van der Waals surface area (Å²) in [5.74, 6) is -0.0179. The van der Waals surface area contributed by atoms with Crippen LogP contribution in [0.3, 0.4) is 0 Å². The molecule has 1 aliphatic rings. The zero-order valence-electron chi connectivity index (χ0n) is 20.3. The zero-order chi connectivity index (χ0) is 24.6. The van der Waals surface area contributed by atoms with Gasteiger partial charge in [0.25, 0.3) is 0 Å². The standard InChI is InChI=1S/C30H34ClN3O/c1-34(29(18-19-32)30(35)33-21-24-11-4-7-15-28(24)31)20-8-14-27-25-12-5-2-9-22(25)16-17-23-10-3-6-13-26(23)27/h2-7,9-15,29H,8,16-21,32H2,1H3,(H,33,35). The third-order valence-electron chi connectivity index (χ3n) is 6.79. The van der Waals surface area contributed by atoms with Crippen LogP contribution < -0.4 is 11.1 Å². The van der Waals surface area contributed by atoms with Gasteiger partial charge in [0.2, 0.25) is 5.91 Å². The van der Waals surface area contributed by atoms with Gasteiger partial charge < -0.3 is 11.1 Å². The van der Waals surface area contributed by atoms with Crippen molar-refractivity contribution in [1.82, 2.24) is 10.2 Å². The van der Waals surface area contributed by atoms with E-state index in [4.69, 9.17) is 17.3 Å². The number of nitrogens with zero attached hydrogens (tertiary/aromatic N) is 1. The molecular formula is C30H34ClN3O. The Morgan fingerprint density at radius 1 is 1.00 bits per heavy atom. The lowest BCUT2D eigenvalue weighted by molar-refractivity contribution is -0.126. The molecular weight excluding hydrogens is 454 g/mol. The highest BCUT2D eigenvalue weighted by Gasteiger charge is 2.22. The van der Waals surface area contributed by atoms with Gasteiger partial charge in [-0.1, -0.05) is 84.4 Å². The summed E-state index contributed by atoms with van der Waals surface area (Å²) in [6, 6.07) is 24.7. The topological polar surface area (TPSA) is 58.4 Å². The maximum Gasteiger partial charge on any atom is 0.237 e. The maximum absolute atomic E-state index is 13.0. The van der Waals surface area contributed by atoms with Crippen LogP contribution in [0.15, 0.2) is 78.9 Å². The number of benzene rings is 3. The normalized spacial score (nSPS) is 13.5. The Hall–Kier alpha value is -2.92. The molecule has 1 amide bonds. The van der Waals surface area contributed by atoms with Crippen LogP contribution in [-0.4, -0.2) is 37.0 Å². The Morgan fingerprint density at radius 3 is 2.23 bits per heavy atom. The molecule has 0 saturated carbocycles. The summed E-state index contributed by atoms with van der Waals surface area (Å²) >= 11 is 6.25. The van der Waals surface area contributed by atoms with Crippen LogP contribution in [0.5, 0.6) is 0 Å². The SMILES string of the molecule is CN(CCC=C1c2ccccc2CCc2ccccc21)C(CCN)C(=O)NCc1ccccc1Cl. The first kappa shape index (κ1) is 25.2. The third-order valence-corrected chi connectivity index (χ3v) is 7.16. The first-order valence-electron chi connectivity index (χ1n) is 12.4. The van der Waals surface area contributed by atoms with Gasteiger partial charge in [-0.2, -0.15) is 0 Å². The second-order valence-electron chi connectivity index (χ2n) is 9.10. The van der Waals surface area contributed by atoms with E-state index >= 15 is 0 Å². The number of likely N-dealkylation sites (N-methyl/N-ethyl adjacent to an activating group) is 1. The van der Waals surface area contributed by atoms with E-state index in [9.17, 15) is 4.79 Å². The Morgan fingerprint density at radius 2 is 1.60 bits per heavy atom. The van der Waals surface area contributed by atoms with Crippen LogP contribution in [0.1, 0.15) is 40.7 Å². The van der Waals surface area contributed by atoms with Crippen LogP contribution in [0.25, 0.3) is 5.57 Å². The number of carbonyl (C=O) groups excluding carboxylic acids is 1. The molecule has 0 saturated heterocycles.